The Hall–Kier alpha value is -6.20. The lowest BCUT2D eigenvalue weighted by atomic mass is 9.96. The van der Waals surface area contributed by atoms with Crippen molar-refractivity contribution in [2.45, 2.75) is 103 Å². The van der Waals surface area contributed by atoms with Gasteiger partial charge in [0, 0.05) is 75.5 Å². The van der Waals surface area contributed by atoms with E-state index in [0.717, 1.165) is 10.5 Å². The van der Waals surface area contributed by atoms with Crippen molar-refractivity contribution in [3.05, 3.63) is 104 Å². The number of benzene rings is 2. The SMILES string of the molecule is CCCn1c(=O)c2c(nc(Cc3ccccc3)n2CCNCC(O)CC)n(CCc2cccc(C(=O)C(CC(=O)O)NC(=O)CCCCCN3C(=O)C=CC3=O)c2N)c1=O. The zero-order valence-electron chi connectivity index (χ0n) is 34.1. The summed E-state index contributed by atoms with van der Waals surface area (Å²) in [7, 11) is 0. The number of nitrogens with one attached hydrogen (secondary N) is 2. The van der Waals surface area contributed by atoms with Crippen LogP contribution in [0.1, 0.15) is 86.1 Å². The number of aliphatic hydroxyl groups excluding tert-OH is 1. The zero-order chi connectivity index (χ0) is 43.3. The minimum absolute atomic E-state index is 0.0101. The van der Waals surface area contributed by atoms with Gasteiger partial charge in [-0.1, -0.05) is 62.7 Å². The van der Waals surface area contributed by atoms with Gasteiger partial charge in [0.25, 0.3) is 17.4 Å². The number of Topliss-reactive ketones (excluding diaryl/α,β-unsaturated/α-hetero) is 1. The van der Waals surface area contributed by atoms with Gasteiger partial charge < -0.3 is 31.1 Å². The maximum Gasteiger partial charge on any atom is 0.332 e. The summed E-state index contributed by atoms with van der Waals surface area (Å²) in [5.41, 5.74) is 7.57. The Labute approximate surface area is 346 Å². The van der Waals surface area contributed by atoms with Crippen LogP contribution in [0.15, 0.2) is 70.3 Å². The first-order valence-corrected chi connectivity index (χ1v) is 20.5. The van der Waals surface area contributed by atoms with E-state index in [0.29, 0.717) is 69.5 Å². The number of aliphatic carboxylic acids is 1. The van der Waals surface area contributed by atoms with Crippen LogP contribution in [0.2, 0.25) is 0 Å². The highest BCUT2D eigenvalue weighted by atomic mass is 16.4. The van der Waals surface area contributed by atoms with Crippen LogP contribution >= 0.6 is 0 Å². The lowest BCUT2D eigenvalue weighted by Crippen LogP contribution is -2.42. The number of aliphatic hydroxyl groups is 1. The molecule has 0 saturated carbocycles. The quantitative estimate of drug-likeness (QED) is 0.0296. The zero-order valence-corrected chi connectivity index (χ0v) is 34.1. The number of carboxylic acid groups (broad SMARTS) is 1. The van der Waals surface area contributed by atoms with Crippen LogP contribution in [0.5, 0.6) is 0 Å². The monoisotopic (exact) mass is 826 g/mol. The summed E-state index contributed by atoms with van der Waals surface area (Å²) in [6.45, 7) is 5.34. The van der Waals surface area contributed by atoms with Gasteiger partial charge in [-0.2, -0.15) is 0 Å². The van der Waals surface area contributed by atoms with Crippen molar-refractivity contribution in [2.75, 3.05) is 25.4 Å². The predicted octanol–water partition coefficient (Wildman–Crippen LogP) is 2.17. The molecule has 0 fully saturated rings. The fourth-order valence-corrected chi connectivity index (χ4v) is 7.22. The van der Waals surface area contributed by atoms with Crippen LogP contribution in [0.4, 0.5) is 5.69 Å². The van der Waals surface area contributed by atoms with Crippen molar-refractivity contribution in [1.82, 2.24) is 34.2 Å². The maximum absolute atomic E-state index is 14.1. The molecule has 1 aliphatic rings. The number of amides is 3. The number of aromatic nitrogens is 4. The van der Waals surface area contributed by atoms with Crippen molar-refractivity contribution < 1.29 is 34.2 Å². The maximum atomic E-state index is 14.1. The van der Waals surface area contributed by atoms with Crippen molar-refractivity contribution in [1.29, 1.82) is 0 Å². The second kappa shape index (κ2) is 21.2. The number of imidazole rings is 1. The molecule has 0 radical (unpaired) electrons. The molecule has 0 spiro atoms. The van der Waals surface area contributed by atoms with Crippen LogP contribution in [0.25, 0.3) is 11.2 Å². The van der Waals surface area contributed by atoms with Crippen molar-refractivity contribution in [3.63, 3.8) is 0 Å². The average molecular weight is 827 g/mol. The molecule has 3 heterocycles. The Kier molecular flexibility index (Phi) is 15.8. The number of nitrogens with zero attached hydrogens (tertiary/aromatic N) is 5. The van der Waals surface area contributed by atoms with E-state index in [1.165, 1.54) is 27.4 Å². The van der Waals surface area contributed by atoms with Crippen LogP contribution in [-0.2, 0) is 51.7 Å². The normalized spacial score (nSPS) is 13.6. The minimum atomic E-state index is -1.41. The van der Waals surface area contributed by atoms with Crippen molar-refractivity contribution in [2.24, 2.45) is 0 Å². The van der Waals surface area contributed by atoms with E-state index in [9.17, 15) is 43.8 Å². The number of carbonyl (C=O) groups is 5. The molecule has 4 aromatic rings. The fourth-order valence-electron chi connectivity index (χ4n) is 7.22. The van der Waals surface area contributed by atoms with Gasteiger partial charge in [-0.3, -0.25) is 42.8 Å². The highest BCUT2D eigenvalue weighted by Gasteiger charge is 2.28. The topological polar surface area (TPSA) is 241 Å². The first-order chi connectivity index (χ1) is 28.8. The number of fused-ring (bicyclic) bond motifs is 1. The summed E-state index contributed by atoms with van der Waals surface area (Å²) in [4.78, 5) is 96.1. The number of anilines is 1. The molecule has 2 aromatic carbocycles. The number of rotatable bonds is 24. The number of imide groups is 1. The van der Waals surface area contributed by atoms with Gasteiger partial charge in [0.2, 0.25) is 5.91 Å². The summed E-state index contributed by atoms with van der Waals surface area (Å²) in [5.74, 6) is -2.72. The Morgan fingerprint density at radius 3 is 2.27 bits per heavy atom. The Balaban J connectivity index is 1.37. The number of aryl methyl sites for hydroxylation is 2. The van der Waals surface area contributed by atoms with E-state index in [1.807, 2.05) is 48.7 Å². The number of nitrogens with two attached hydrogens (primary N) is 1. The van der Waals surface area contributed by atoms with Gasteiger partial charge in [-0.25, -0.2) is 9.78 Å². The molecule has 6 N–H and O–H groups in total. The molecule has 0 bridgehead atoms. The predicted molar refractivity (Wildman–Crippen MR) is 224 cm³/mol. The van der Waals surface area contributed by atoms with Gasteiger partial charge >= 0.3 is 11.7 Å². The molecule has 0 saturated heterocycles. The Morgan fingerprint density at radius 1 is 0.850 bits per heavy atom. The molecule has 5 rings (SSSR count). The van der Waals surface area contributed by atoms with Crippen molar-refractivity contribution in [3.8, 4) is 0 Å². The summed E-state index contributed by atoms with van der Waals surface area (Å²) in [5, 5.41) is 25.5. The molecule has 2 aromatic heterocycles. The van der Waals surface area contributed by atoms with E-state index < -0.39 is 47.5 Å². The molecule has 17 heteroatoms. The van der Waals surface area contributed by atoms with Gasteiger partial charge in [0.05, 0.1) is 12.5 Å². The fraction of sp³-hybridized carbons (Fsp3) is 0.442. The van der Waals surface area contributed by atoms with Crippen LogP contribution in [0, 0.1) is 0 Å². The molecule has 3 amide bonds. The average Bonchev–Trinajstić information content (AvgIpc) is 3.75. The second-order valence-corrected chi connectivity index (χ2v) is 14.9. The molecule has 0 aliphatic carbocycles. The minimum Gasteiger partial charge on any atom is -0.481 e. The Morgan fingerprint density at radius 2 is 1.58 bits per heavy atom. The third-order valence-corrected chi connectivity index (χ3v) is 10.5. The lowest BCUT2D eigenvalue weighted by molar-refractivity contribution is -0.138. The van der Waals surface area contributed by atoms with Gasteiger partial charge in [0.1, 0.15) is 11.9 Å². The van der Waals surface area contributed by atoms with Crippen LogP contribution in [-0.4, -0.2) is 95.1 Å². The highest BCUT2D eigenvalue weighted by Crippen LogP contribution is 2.23. The second-order valence-electron chi connectivity index (χ2n) is 14.9. The molecule has 1 aliphatic heterocycles. The van der Waals surface area contributed by atoms with E-state index in [1.54, 1.807) is 12.1 Å². The number of unbranched alkanes of at least 4 members (excludes halogenated alkanes) is 2. The summed E-state index contributed by atoms with van der Waals surface area (Å²) in [6.07, 6.45) is 4.21. The summed E-state index contributed by atoms with van der Waals surface area (Å²) < 4.78 is 4.49. The standard InChI is InChI=1S/C43H54N8O9/c1-3-21-51-42(59)39-41(47-33(25-28-12-7-5-8-13-28)48(39)24-20-45-27-30(52)4-2)50(43(51)60)23-19-29-14-11-15-31(38(29)44)40(58)32(26-37(56)57)46-34(53)16-9-6-10-22-49-35(54)17-18-36(49)55/h5,7-8,11-15,17-18,30,32,45,52H,3-4,6,9-10,16,19-27,44H2,1-2H3,(H,46,53)(H,56,57). The molecule has 60 heavy (non-hydrogen) atoms. The van der Waals surface area contributed by atoms with E-state index in [4.69, 9.17) is 10.7 Å². The van der Waals surface area contributed by atoms with Crippen LogP contribution < -0.4 is 27.6 Å². The van der Waals surface area contributed by atoms with Gasteiger partial charge in [-0.05, 0) is 49.3 Å². The van der Waals surface area contributed by atoms with Gasteiger partial charge in [-0.15, -0.1) is 0 Å². The number of nitrogen functional groups attached to an aromatic ring is 1. The number of hydrogen-bond acceptors (Lipinski definition) is 11. The van der Waals surface area contributed by atoms with Gasteiger partial charge in [0.15, 0.2) is 16.9 Å². The number of carboxylic acids is 1. The molecule has 2 atom stereocenters. The molecular weight excluding hydrogens is 773 g/mol. The van der Waals surface area contributed by atoms with Crippen LogP contribution in [0.3, 0.4) is 0 Å². The van der Waals surface area contributed by atoms with E-state index in [2.05, 4.69) is 10.6 Å². The largest absolute Gasteiger partial charge is 0.481 e. The van der Waals surface area contributed by atoms with E-state index in [-0.39, 0.29) is 66.7 Å². The number of carbonyl (C=O) groups excluding carboxylic acids is 4. The molecule has 2 unspecified atom stereocenters. The third kappa shape index (κ3) is 11.1. The first-order valence-electron chi connectivity index (χ1n) is 20.5. The highest BCUT2D eigenvalue weighted by molar-refractivity contribution is 6.12. The smallest absolute Gasteiger partial charge is 0.332 e. The molecule has 17 nitrogen and oxygen atoms in total. The first kappa shape index (κ1) is 44.9. The molecule has 320 valence electrons. The third-order valence-electron chi connectivity index (χ3n) is 10.5. The number of hydrogen-bond donors (Lipinski definition) is 5. The summed E-state index contributed by atoms with van der Waals surface area (Å²) >= 11 is 0. The molecular formula is C43H54N8O9. The van der Waals surface area contributed by atoms with E-state index >= 15 is 0 Å². The summed E-state index contributed by atoms with van der Waals surface area (Å²) in [6, 6.07) is 13.0. The van der Waals surface area contributed by atoms with Crippen molar-refractivity contribution >= 4 is 46.3 Å². The number of ketones is 1. The number of para-hydroxylation sites is 1. The Bertz CT molecular complexity index is 2330. The lowest BCUT2D eigenvalue weighted by Gasteiger charge is -2.19.